The van der Waals surface area contributed by atoms with Gasteiger partial charge < -0.3 is 15.4 Å². The molecule has 1 aromatic rings. The standard InChI is InChI=1S/C14H24N4O.HI/c1-4-19-10-9-18-14(15-3)17-8-6-13-5-7-16-11-12(13)2;/h5,7,11H,4,6,8-10H2,1-3H3,(H2,15,17,18);1H. The summed E-state index contributed by atoms with van der Waals surface area (Å²) in [7, 11) is 1.77. The van der Waals surface area contributed by atoms with Crippen LogP contribution in [0.2, 0.25) is 0 Å². The molecule has 1 rings (SSSR count). The predicted molar refractivity (Wildman–Crippen MR) is 94.0 cm³/mol. The maximum Gasteiger partial charge on any atom is 0.191 e. The Morgan fingerprint density at radius 1 is 1.35 bits per heavy atom. The first kappa shape index (κ1) is 19.1. The van der Waals surface area contributed by atoms with Crippen molar-refractivity contribution in [1.29, 1.82) is 0 Å². The highest BCUT2D eigenvalue weighted by Gasteiger charge is 1.99. The summed E-state index contributed by atoms with van der Waals surface area (Å²) in [6.07, 6.45) is 4.68. The summed E-state index contributed by atoms with van der Waals surface area (Å²) in [6, 6.07) is 2.06. The molecule has 6 heteroatoms. The molecule has 5 nitrogen and oxygen atoms in total. The van der Waals surface area contributed by atoms with Gasteiger partial charge in [0, 0.05) is 39.1 Å². The molecule has 0 aromatic carbocycles. The van der Waals surface area contributed by atoms with Crippen LogP contribution < -0.4 is 10.6 Å². The second-order valence-corrected chi connectivity index (χ2v) is 4.17. The van der Waals surface area contributed by atoms with Crippen molar-refractivity contribution in [3.05, 3.63) is 29.6 Å². The molecule has 114 valence electrons. The smallest absolute Gasteiger partial charge is 0.191 e. The predicted octanol–water partition coefficient (Wildman–Crippen LogP) is 1.75. The molecule has 0 saturated carbocycles. The van der Waals surface area contributed by atoms with Crippen molar-refractivity contribution in [2.45, 2.75) is 20.3 Å². The van der Waals surface area contributed by atoms with E-state index in [1.54, 1.807) is 7.05 Å². The number of aromatic nitrogens is 1. The molecule has 0 spiro atoms. The number of nitrogens with one attached hydrogen (secondary N) is 2. The van der Waals surface area contributed by atoms with Gasteiger partial charge in [0.15, 0.2) is 5.96 Å². The first-order valence-electron chi connectivity index (χ1n) is 6.69. The van der Waals surface area contributed by atoms with Crippen molar-refractivity contribution in [2.24, 2.45) is 4.99 Å². The Hall–Kier alpha value is -0.890. The van der Waals surface area contributed by atoms with E-state index in [0.717, 1.165) is 32.1 Å². The number of ether oxygens (including phenoxy) is 1. The molecule has 1 aromatic heterocycles. The quantitative estimate of drug-likeness (QED) is 0.321. The van der Waals surface area contributed by atoms with E-state index in [-0.39, 0.29) is 24.0 Å². The molecular weight excluding hydrogens is 367 g/mol. The molecule has 0 bridgehead atoms. The Balaban J connectivity index is 0.00000361. The molecule has 0 saturated heterocycles. The van der Waals surface area contributed by atoms with Gasteiger partial charge in [-0.1, -0.05) is 0 Å². The van der Waals surface area contributed by atoms with Crippen LogP contribution in [0.4, 0.5) is 0 Å². The van der Waals surface area contributed by atoms with Crippen molar-refractivity contribution in [3.8, 4) is 0 Å². The zero-order chi connectivity index (χ0) is 13.9. The number of nitrogens with zero attached hydrogens (tertiary/aromatic N) is 2. The summed E-state index contributed by atoms with van der Waals surface area (Å²) < 4.78 is 5.27. The summed E-state index contributed by atoms with van der Waals surface area (Å²) in [4.78, 5) is 8.26. The van der Waals surface area contributed by atoms with Crippen molar-refractivity contribution in [1.82, 2.24) is 15.6 Å². The van der Waals surface area contributed by atoms with Gasteiger partial charge in [0.25, 0.3) is 0 Å². The minimum absolute atomic E-state index is 0. The molecule has 0 aliphatic rings. The van der Waals surface area contributed by atoms with Gasteiger partial charge in [-0.15, -0.1) is 24.0 Å². The molecule has 0 radical (unpaired) electrons. The van der Waals surface area contributed by atoms with Crippen LogP contribution in [0.3, 0.4) is 0 Å². The first-order chi connectivity index (χ1) is 9.27. The van der Waals surface area contributed by atoms with Crippen LogP contribution in [0, 0.1) is 6.92 Å². The monoisotopic (exact) mass is 392 g/mol. The van der Waals surface area contributed by atoms with Gasteiger partial charge in [-0.2, -0.15) is 0 Å². The third-order valence-electron chi connectivity index (χ3n) is 2.79. The van der Waals surface area contributed by atoms with Gasteiger partial charge >= 0.3 is 0 Å². The van der Waals surface area contributed by atoms with Gasteiger partial charge in [-0.3, -0.25) is 9.98 Å². The second kappa shape index (κ2) is 11.9. The van der Waals surface area contributed by atoms with E-state index < -0.39 is 0 Å². The van der Waals surface area contributed by atoms with Crippen LogP contribution in [0.25, 0.3) is 0 Å². The third kappa shape index (κ3) is 7.64. The van der Waals surface area contributed by atoms with E-state index in [9.17, 15) is 0 Å². The number of hydrogen-bond acceptors (Lipinski definition) is 3. The van der Waals surface area contributed by atoms with Gasteiger partial charge in [-0.05, 0) is 37.5 Å². The molecule has 1 heterocycles. The Kier molecular flexibility index (Phi) is 11.4. The van der Waals surface area contributed by atoms with Crippen LogP contribution in [-0.2, 0) is 11.2 Å². The average Bonchev–Trinajstić information content (AvgIpc) is 2.43. The number of guanidine groups is 1. The maximum atomic E-state index is 5.27. The van der Waals surface area contributed by atoms with E-state index in [1.807, 2.05) is 19.3 Å². The number of aryl methyl sites for hydroxylation is 1. The lowest BCUT2D eigenvalue weighted by Gasteiger charge is -2.12. The molecule has 2 N–H and O–H groups in total. The lowest BCUT2D eigenvalue weighted by molar-refractivity contribution is 0.152. The van der Waals surface area contributed by atoms with Gasteiger partial charge in [0.1, 0.15) is 0 Å². The number of hydrogen-bond donors (Lipinski definition) is 2. The van der Waals surface area contributed by atoms with Gasteiger partial charge in [-0.25, -0.2) is 0 Å². The van der Waals surface area contributed by atoms with E-state index >= 15 is 0 Å². The number of pyridine rings is 1. The summed E-state index contributed by atoms with van der Waals surface area (Å²) in [5.41, 5.74) is 2.54. The SMILES string of the molecule is CCOCCNC(=NC)NCCc1ccncc1C.I. The number of aliphatic imine (C=N–C) groups is 1. The second-order valence-electron chi connectivity index (χ2n) is 4.17. The van der Waals surface area contributed by atoms with E-state index in [1.165, 1.54) is 11.1 Å². The minimum Gasteiger partial charge on any atom is -0.380 e. The van der Waals surface area contributed by atoms with Gasteiger partial charge in [0.2, 0.25) is 0 Å². The highest BCUT2D eigenvalue weighted by Crippen LogP contribution is 2.04. The minimum atomic E-state index is 0. The first-order valence-corrected chi connectivity index (χ1v) is 6.69. The van der Waals surface area contributed by atoms with E-state index in [4.69, 9.17) is 4.74 Å². The van der Waals surface area contributed by atoms with Gasteiger partial charge in [0.05, 0.1) is 6.61 Å². The normalized spacial score (nSPS) is 10.8. The summed E-state index contributed by atoms with van der Waals surface area (Å²) >= 11 is 0. The Morgan fingerprint density at radius 3 is 2.75 bits per heavy atom. The molecule has 0 fully saturated rings. The molecule has 20 heavy (non-hydrogen) atoms. The molecule has 0 aliphatic heterocycles. The lowest BCUT2D eigenvalue weighted by atomic mass is 10.1. The van der Waals surface area contributed by atoms with Crippen LogP contribution in [0.5, 0.6) is 0 Å². The third-order valence-corrected chi connectivity index (χ3v) is 2.79. The zero-order valence-corrected chi connectivity index (χ0v) is 14.8. The molecule has 0 amide bonds. The van der Waals surface area contributed by atoms with Crippen molar-refractivity contribution in [3.63, 3.8) is 0 Å². The molecule has 0 atom stereocenters. The van der Waals surface area contributed by atoms with Crippen molar-refractivity contribution >= 4 is 29.9 Å². The molecule has 0 aliphatic carbocycles. The van der Waals surface area contributed by atoms with Crippen LogP contribution in [0.1, 0.15) is 18.1 Å². The fourth-order valence-electron chi connectivity index (χ4n) is 1.70. The van der Waals surface area contributed by atoms with E-state index in [0.29, 0.717) is 6.61 Å². The number of halogens is 1. The fraction of sp³-hybridized carbons (Fsp3) is 0.571. The Labute approximate surface area is 138 Å². The largest absolute Gasteiger partial charge is 0.380 e. The molecule has 0 unspecified atom stereocenters. The summed E-state index contributed by atoms with van der Waals surface area (Å²) in [6.45, 7) is 7.12. The maximum absolute atomic E-state index is 5.27. The Morgan fingerprint density at radius 2 is 2.10 bits per heavy atom. The Bertz CT molecular complexity index is 399. The fourth-order valence-corrected chi connectivity index (χ4v) is 1.70. The molecular formula is C14H25IN4O. The van der Waals surface area contributed by atoms with E-state index in [2.05, 4.69) is 33.6 Å². The number of rotatable bonds is 7. The summed E-state index contributed by atoms with van der Waals surface area (Å²) in [5.74, 6) is 0.811. The highest BCUT2D eigenvalue weighted by atomic mass is 127. The van der Waals surface area contributed by atoms with Crippen molar-refractivity contribution < 1.29 is 4.74 Å². The van der Waals surface area contributed by atoms with Crippen molar-refractivity contribution in [2.75, 3.05) is 33.4 Å². The topological polar surface area (TPSA) is 58.5 Å². The summed E-state index contributed by atoms with van der Waals surface area (Å²) in [5, 5.41) is 6.49. The lowest BCUT2D eigenvalue weighted by Crippen LogP contribution is -2.39. The highest BCUT2D eigenvalue weighted by molar-refractivity contribution is 14.0. The average molecular weight is 392 g/mol. The van der Waals surface area contributed by atoms with Crippen LogP contribution in [-0.4, -0.2) is 44.3 Å². The van der Waals surface area contributed by atoms with Crippen LogP contribution >= 0.6 is 24.0 Å². The zero-order valence-electron chi connectivity index (χ0n) is 12.5. The van der Waals surface area contributed by atoms with Crippen LogP contribution in [0.15, 0.2) is 23.5 Å².